The maximum atomic E-state index is 13.5. The molecular weight excluding hydrogens is 279 g/mol. The van der Waals surface area contributed by atoms with Gasteiger partial charge in [-0.2, -0.15) is 0 Å². The summed E-state index contributed by atoms with van der Waals surface area (Å²) in [7, 11) is 1.39. The van der Waals surface area contributed by atoms with Crippen LogP contribution in [-0.2, 0) is 9.59 Å². The second-order valence-corrected chi connectivity index (χ2v) is 4.45. The number of carbonyl (C=O) groups excluding carboxylic acids is 2. The van der Waals surface area contributed by atoms with Crippen LogP contribution in [0.15, 0.2) is 23.9 Å². The topological polar surface area (TPSA) is 78.9 Å². The van der Waals surface area contributed by atoms with Gasteiger partial charge in [-0.1, -0.05) is 0 Å². The molecule has 0 spiro atoms. The number of nitrogens with one attached hydrogen (secondary N) is 1. The van der Waals surface area contributed by atoms with Crippen molar-refractivity contribution >= 4 is 17.5 Å². The molecule has 1 aliphatic rings. The number of rotatable bonds is 5. The van der Waals surface area contributed by atoms with Crippen LogP contribution in [0.5, 0.6) is 5.75 Å². The zero-order valence-electron chi connectivity index (χ0n) is 11.6. The largest absolute Gasteiger partial charge is 0.494 e. The summed E-state index contributed by atoms with van der Waals surface area (Å²) in [5.74, 6) is -1.22. The van der Waals surface area contributed by atoms with Gasteiger partial charge in [0.1, 0.15) is 17.3 Å². The highest BCUT2D eigenvalue weighted by molar-refractivity contribution is 6.17. The number of hydrogen-bond acceptors (Lipinski definition) is 5. The molecule has 2 rings (SSSR count). The van der Waals surface area contributed by atoms with E-state index in [1.807, 2.05) is 0 Å². The summed E-state index contributed by atoms with van der Waals surface area (Å²) in [6, 6.07) is 2.67. The highest BCUT2D eigenvalue weighted by atomic mass is 19.1. The third kappa shape index (κ3) is 2.73. The first-order chi connectivity index (χ1) is 9.99. The molecule has 0 aromatic heterocycles. The van der Waals surface area contributed by atoms with Crippen LogP contribution in [0.4, 0.5) is 10.1 Å². The Kier molecular flexibility index (Phi) is 4.23. The van der Waals surface area contributed by atoms with Gasteiger partial charge >= 0.3 is 0 Å². The fraction of sp³-hybridized carbons (Fsp3) is 0.286. The van der Waals surface area contributed by atoms with Crippen molar-refractivity contribution in [2.24, 2.45) is 0 Å². The van der Waals surface area contributed by atoms with Crippen molar-refractivity contribution < 1.29 is 23.8 Å². The van der Waals surface area contributed by atoms with E-state index < -0.39 is 17.6 Å². The molecule has 6 nitrogen and oxygen atoms in total. The molecule has 1 aliphatic heterocycles. The minimum absolute atomic E-state index is 0.0535. The van der Waals surface area contributed by atoms with E-state index in [0.717, 1.165) is 11.0 Å². The van der Waals surface area contributed by atoms with Crippen LogP contribution >= 0.6 is 0 Å². The number of nitrogens with zero attached hydrogens (tertiary/aromatic N) is 1. The summed E-state index contributed by atoms with van der Waals surface area (Å²) in [4.78, 5) is 24.6. The highest BCUT2D eigenvalue weighted by Crippen LogP contribution is 2.31. The Morgan fingerprint density at radius 1 is 1.38 bits per heavy atom. The molecule has 112 valence electrons. The first-order valence-corrected chi connectivity index (χ1v) is 6.28. The molecule has 0 saturated heterocycles. The third-order valence-corrected chi connectivity index (χ3v) is 3.15. The third-order valence-electron chi connectivity index (χ3n) is 3.15. The van der Waals surface area contributed by atoms with Crippen molar-refractivity contribution in [1.29, 1.82) is 0 Å². The second kappa shape index (κ2) is 5.92. The minimum Gasteiger partial charge on any atom is -0.494 e. The number of benzene rings is 1. The van der Waals surface area contributed by atoms with Crippen LogP contribution in [0.3, 0.4) is 0 Å². The van der Waals surface area contributed by atoms with E-state index in [2.05, 4.69) is 5.32 Å². The summed E-state index contributed by atoms with van der Waals surface area (Å²) in [5, 5.41) is 11.6. The molecule has 1 aromatic carbocycles. The SMILES string of the molecule is COc1c(NC2=CC(=O)N(CCO)C2=O)ccc(F)c1C. The number of carbonyl (C=O) groups is 2. The van der Waals surface area contributed by atoms with Crippen LogP contribution in [0, 0.1) is 12.7 Å². The number of anilines is 1. The fourth-order valence-corrected chi connectivity index (χ4v) is 2.08. The van der Waals surface area contributed by atoms with Crippen molar-refractivity contribution in [3.63, 3.8) is 0 Å². The molecule has 2 N–H and O–H groups in total. The first-order valence-electron chi connectivity index (χ1n) is 6.28. The highest BCUT2D eigenvalue weighted by Gasteiger charge is 2.31. The normalized spacial score (nSPS) is 14.5. The van der Waals surface area contributed by atoms with Gasteiger partial charge in [0.05, 0.1) is 25.9 Å². The van der Waals surface area contributed by atoms with Gasteiger partial charge in [0.15, 0.2) is 0 Å². The molecule has 21 heavy (non-hydrogen) atoms. The summed E-state index contributed by atoms with van der Waals surface area (Å²) in [5.41, 5.74) is 0.736. The number of amides is 2. The molecule has 1 aromatic rings. The minimum atomic E-state index is -0.543. The van der Waals surface area contributed by atoms with E-state index in [1.54, 1.807) is 6.92 Å². The molecule has 2 amide bonds. The maximum absolute atomic E-state index is 13.5. The average molecular weight is 294 g/mol. The summed E-state index contributed by atoms with van der Waals surface area (Å²) in [6.07, 6.45) is 1.14. The monoisotopic (exact) mass is 294 g/mol. The molecule has 0 bridgehead atoms. The molecule has 0 saturated carbocycles. The number of hydrogen-bond donors (Lipinski definition) is 2. The van der Waals surface area contributed by atoms with Gasteiger partial charge in [-0.25, -0.2) is 4.39 Å². The molecule has 1 heterocycles. The Bertz CT molecular complexity index is 628. The zero-order valence-corrected chi connectivity index (χ0v) is 11.6. The van der Waals surface area contributed by atoms with E-state index >= 15 is 0 Å². The number of ether oxygens (including phenoxy) is 1. The average Bonchev–Trinajstić information content (AvgIpc) is 2.71. The number of methoxy groups -OCH3 is 1. The smallest absolute Gasteiger partial charge is 0.277 e. The van der Waals surface area contributed by atoms with Crippen molar-refractivity contribution in [2.75, 3.05) is 25.6 Å². The molecule has 0 aliphatic carbocycles. The van der Waals surface area contributed by atoms with Gasteiger partial charge in [-0.05, 0) is 19.1 Å². The molecule has 7 heteroatoms. The number of β-amino-alcohol motifs (C(OH)–C–C–N with tert-alkyl or cyclic N) is 1. The van der Waals surface area contributed by atoms with Crippen LogP contribution in [0.2, 0.25) is 0 Å². The van der Waals surface area contributed by atoms with E-state index in [-0.39, 0.29) is 24.6 Å². The van der Waals surface area contributed by atoms with Gasteiger partial charge in [-0.15, -0.1) is 0 Å². The number of halogens is 1. The van der Waals surface area contributed by atoms with Crippen molar-refractivity contribution in [1.82, 2.24) is 4.90 Å². The molecule has 0 atom stereocenters. The van der Waals surface area contributed by atoms with Crippen molar-refractivity contribution in [3.05, 3.63) is 35.3 Å². The zero-order chi connectivity index (χ0) is 15.6. The Morgan fingerprint density at radius 3 is 2.71 bits per heavy atom. The molecular formula is C14H15FN2O4. The van der Waals surface area contributed by atoms with Gasteiger partial charge in [0.25, 0.3) is 11.8 Å². The van der Waals surface area contributed by atoms with Crippen molar-refractivity contribution in [2.45, 2.75) is 6.92 Å². The number of aliphatic hydroxyl groups excluding tert-OH is 1. The Balaban J connectivity index is 2.28. The summed E-state index contributed by atoms with van der Waals surface area (Å²) in [6.45, 7) is 1.17. The lowest BCUT2D eigenvalue weighted by Gasteiger charge is -2.16. The lowest BCUT2D eigenvalue weighted by Crippen LogP contribution is -2.34. The quantitative estimate of drug-likeness (QED) is 0.785. The van der Waals surface area contributed by atoms with Crippen LogP contribution in [0.25, 0.3) is 0 Å². The number of imide groups is 1. The van der Waals surface area contributed by atoms with E-state index in [1.165, 1.54) is 19.2 Å². The molecule has 0 fully saturated rings. The Labute approximate surface area is 120 Å². The maximum Gasteiger partial charge on any atom is 0.277 e. The standard InChI is InChI=1S/C14H15FN2O4/c1-8-9(15)3-4-10(13(8)21-2)16-11-7-12(19)17(5-6-18)14(11)20/h3-4,7,16,18H,5-6H2,1-2H3. The van der Waals surface area contributed by atoms with Crippen LogP contribution in [-0.4, -0.2) is 42.1 Å². The fourth-order valence-electron chi connectivity index (χ4n) is 2.08. The molecule has 0 unspecified atom stereocenters. The Morgan fingerprint density at radius 2 is 2.10 bits per heavy atom. The van der Waals surface area contributed by atoms with E-state index in [4.69, 9.17) is 9.84 Å². The van der Waals surface area contributed by atoms with Crippen LogP contribution < -0.4 is 10.1 Å². The lowest BCUT2D eigenvalue weighted by molar-refractivity contribution is -0.137. The predicted molar refractivity (Wildman–Crippen MR) is 73.2 cm³/mol. The molecule has 0 radical (unpaired) electrons. The first kappa shape index (κ1) is 15.0. The van der Waals surface area contributed by atoms with Gasteiger partial charge in [0.2, 0.25) is 0 Å². The van der Waals surface area contributed by atoms with Gasteiger partial charge in [0, 0.05) is 11.6 Å². The summed E-state index contributed by atoms with van der Waals surface area (Å²) >= 11 is 0. The van der Waals surface area contributed by atoms with E-state index in [9.17, 15) is 14.0 Å². The summed E-state index contributed by atoms with van der Waals surface area (Å²) < 4.78 is 18.6. The van der Waals surface area contributed by atoms with Crippen LogP contribution in [0.1, 0.15) is 5.56 Å². The van der Waals surface area contributed by atoms with Gasteiger partial charge in [-0.3, -0.25) is 14.5 Å². The van der Waals surface area contributed by atoms with E-state index in [0.29, 0.717) is 11.3 Å². The predicted octanol–water partition coefficient (Wildman–Crippen LogP) is 0.800. The lowest BCUT2D eigenvalue weighted by atomic mass is 10.1. The number of aliphatic hydroxyl groups is 1. The van der Waals surface area contributed by atoms with Gasteiger partial charge < -0.3 is 15.2 Å². The Hall–Kier alpha value is -2.41. The second-order valence-electron chi connectivity index (χ2n) is 4.45. The van der Waals surface area contributed by atoms with Crippen molar-refractivity contribution in [3.8, 4) is 5.75 Å².